The largest absolute Gasteiger partial charge is 0.325 e. The van der Waals surface area contributed by atoms with E-state index in [9.17, 15) is 9.18 Å². The van der Waals surface area contributed by atoms with Crippen molar-refractivity contribution in [2.24, 2.45) is 0 Å². The van der Waals surface area contributed by atoms with Crippen molar-refractivity contribution in [3.8, 4) is 10.6 Å². The zero-order chi connectivity index (χ0) is 21.1. The maximum Gasteiger partial charge on any atom is 0.238 e. The molecule has 0 bridgehead atoms. The van der Waals surface area contributed by atoms with Crippen LogP contribution in [0.5, 0.6) is 0 Å². The van der Waals surface area contributed by atoms with Gasteiger partial charge in [-0.2, -0.15) is 0 Å². The normalized spacial score (nSPS) is 12.1. The first-order valence-electron chi connectivity index (χ1n) is 9.75. The number of halogens is 1. The first kappa shape index (κ1) is 20.2. The number of hydrogen-bond donors (Lipinski definition) is 2. The van der Waals surface area contributed by atoms with Crippen molar-refractivity contribution in [2.75, 3.05) is 11.9 Å². The summed E-state index contributed by atoms with van der Waals surface area (Å²) < 4.78 is 15.0. The van der Waals surface area contributed by atoms with Gasteiger partial charge in [0.1, 0.15) is 10.8 Å². The highest BCUT2D eigenvalue weighted by Crippen LogP contribution is 2.31. The van der Waals surface area contributed by atoms with Gasteiger partial charge < -0.3 is 10.6 Å². The molecule has 1 aromatic heterocycles. The predicted octanol–water partition coefficient (Wildman–Crippen LogP) is 5.70. The van der Waals surface area contributed by atoms with Gasteiger partial charge in [0.15, 0.2) is 0 Å². The minimum Gasteiger partial charge on any atom is -0.325 e. The second kappa shape index (κ2) is 8.73. The molecule has 0 spiro atoms. The van der Waals surface area contributed by atoms with Crippen molar-refractivity contribution in [1.82, 2.24) is 10.3 Å². The van der Waals surface area contributed by atoms with E-state index in [4.69, 9.17) is 0 Å². The van der Waals surface area contributed by atoms with Gasteiger partial charge in [-0.1, -0.05) is 24.3 Å². The van der Waals surface area contributed by atoms with Gasteiger partial charge in [0.25, 0.3) is 0 Å². The fraction of sp³-hybridized carbons (Fsp3) is 0.167. The van der Waals surface area contributed by atoms with Crippen LogP contribution in [0.2, 0.25) is 0 Å². The van der Waals surface area contributed by atoms with Crippen molar-refractivity contribution < 1.29 is 9.18 Å². The molecule has 0 aliphatic heterocycles. The van der Waals surface area contributed by atoms with Gasteiger partial charge in [0.05, 0.1) is 16.8 Å². The lowest BCUT2D eigenvalue weighted by Gasteiger charge is -2.15. The molecule has 0 fully saturated rings. The molecule has 0 saturated heterocycles. The van der Waals surface area contributed by atoms with Gasteiger partial charge >= 0.3 is 0 Å². The summed E-state index contributed by atoms with van der Waals surface area (Å²) in [4.78, 5) is 16.9. The molecule has 6 heteroatoms. The number of carbonyl (C=O) groups is 1. The average molecular weight is 420 g/mol. The molecule has 0 aliphatic carbocycles. The Kier molecular flexibility index (Phi) is 5.88. The molecule has 4 rings (SSSR count). The number of nitrogens with zero attached hydrogens (tertiary/aromatic N) is 1. The molecule has 152 valence electrons. The highest BCUT2D eigenvalue weighted by Gasteiger charge is 2.12. The third-order valence-electron chi connectivity index (χ3n) is 4.90. The van der Waals surface area contributed by atoms with Gasteiger partial charge in [-0.15, -0.1) is 11.3 Å². The zero-order valence-electron chi connectivity index (χ0n) is 16.8. The van der Waals surface area contributed by atoms with Crippen molar-refractivity contribution in [2.45, 2.75) is 19.9 Å². The summed E-state index contributed by atoms with van der Waals surface area (Å²) in [7, 11) is 0. The van der Waals surface area contributed by atoms with Gasteiger partial charge in [-0.3, -0.25) is 4.79 Å². The van der Waals surface area contributed by atoms with Crippen LogP contribution in [0.4, 0.5) is 10.1 Å². The third-order valence-corrected chi connectivity index (χ3v) is 5.97. The number of aryl methyl sites for hydroxylation is 1. The number of thiazole rings is 1. The van der Waals surface area contributed by atoms with Crippen molar-refractivity contribution >= 4 is 33.1 Å². The quantitative estimate of drug-likeness (QED) is 0.421. The van der Waals surface area contributed by atoms with Crippen LogP contribution >= 0.6 is 11.3 Å². The van der Waals surface area contributed by atoms with E-state index in [2.05, 4.69) is 34.7 Å². The third kappa shape index (κ3) is 4.56. The number of anilines is 1. The lowest BCUT2D eigenvalue weighted by Crippen LogP contribution is -2.30. The lowest BCUT2D eigenvalue weighted by atomic mass is 10.1. The number of hydrogen-bond acceptors (Lipinski definition) is 4. The first-order valence-corrected chi connectivity index (χ1v) is 10.6. The van der Waals surface area contributed by atoms with Crippen LogP contribution < -0.4 is 10.6 Å². The van der Waals surface area contributed by atoms with Gasteiger partial charge in [-0.05, 0) is 61.9 Å². The minimum atomic E-state index is -0.279. The van der Waals surface area contributed by atoms with Crippen LogP contribution in [0.1, 0.15) is 24.1 Å². The Hall–Kier alpha value is -3.09. The van der Waals surface area contributed by atoms with Crippen LogP contribution in [-0.4, -0.2) is 17.4 Å². The lowest BCUT2D eigenvalue weighted by molar-refractivity contribution is -0.115. The molecule has 30 heavy (non-hydrogen) atoms. The van der Waals surface area contributed by atoms with Crippen LogP contribution in [0.3, 0.4) is 0 Å². The van der Waals surface area contributed by atoms with Gasteiger partial charge in [-0.25, -0.2) is 9.37 Å². The summed E-state index contributed by atoms with van der Waals surface area (Å²) in [5.74, 6) is -0.458. The molecule has 1 unspecified atom stereocenters. The summed E-state index contributed by atoms with van der Waals surface area (Å²) in [6, 6.07) is 20.2. The number of amides is 1. The Labute approximate surface area is 178 Å². The van der Waals surface area contributed by atoms with E-state index in [0.717, 1.165) is 20.8 Å². The van der Waals surface area contributed by atoms with Crippen molar-refractivity contribution in [3.63, 3.8) is 0 Å². The van der Waals surface area contributed by atoms with Crippen LogP contribution in [0.15, 0.2) is 66.7 Å². The van der Waals surface area contributed by atoms with E-state index < -0.39 is 0 Å². The molecular formula is C24H22FN3OS. The monoisotopic (exact) mass is 419 g/mol. The summed E-state index contributed by atoms with van der Waals surface area (Å²) >= 11 is 1.66. The number of rotatable bonds is 6. The van der Waals surface area contributed by atoms with Crippen LogP contribution in [0.25, 0.3) is 20.8 Å². The fourth-order valence-electron chi connectivity index (χ4n) is 3.24. The molecule has 0 radical (unpaired) electrons. The number of nitrogens with one attached hydrogen (secondary N) is 2. The SMILES string of the molecule is Cc1ccc2nc(-c3ccc(NC(=O)CNC(C)c4ccccc4F)cc3)sc2c1. The van der Waals surface area contributed by atoms with E-state index in [1.54, 1.807) is 29.5 Å². The van der Waals surface area contributed by atoms with E-state index in [1.807, 2.05) is 37.3 Å². The smallest absolute Gasteiger partial charge is 0.238 e. The molecule has 1 atom stereocenters. The zero-order valence-corrected chi connectivity index (χ0v) is 17.6. The van der Waals surface area contributed by atoms with Crippen molar-refractivity contribution in [1.29, 1.82) is 0 Å². The maximum absolute atomic E-state index is 13.8. The standard InChI is InChI=1S/C24H22FN3OS/c1-15-7-12-21-22(13-15)30-24(28-21)17-8-10-18(11-9-17)27-23(29)14-26-16(2)19-5-3-4-6-20(19)25/h3-13,16,26H,14H2,1-2H3,(H,27,29). The number of fused-ring (bicyclic) bond motifs is 1. The van der Waals surface area contributed by atoms with Crippen LogP contribution in [0, 0.1) is 12.7 Å². The minimum absolute atomic E-state index is 0.0917. The van der Waals surface area contributed by atoms with E-state index in [0.29, 0.717) is 11.3 Å². The predicted molar refractivity (Wildman–Crippen MR) is 121 cm³/mol. The van der Waals surface area contributed by atoms with E-state index >= 15 is 0 Å². The Balaban J connectivity index is 1.37. The summed E-state index contributed by atoms with van der Waals surface area (Å²) in [6.07, 6.45) is 0. The Morgan fingerprint density at radius 1 is 1.10 bits per heavy atom. The van der Waals surface area contributed by atoms with E-state index in [1.165, 1.54) is 11.6 Å². The highest BCUT2D eigenvalue weighted by molar-refractivity contribution is 7.21. The molecule has 0 aliphatic rings. The molecule has 4 aromatic rings. The molecular weight excluding hydrogens is 397 g/mol. The fourth-order valence-corrected chi connectivity index (χ4v) is 4.31. The highest BCUT2D eigenvalue weighted by atomic mass is 32.1. The molecule has 1 heterocycles. The topological polar surface area (TPSA) is 54.0 Å². The van der Waals surface area contributed by atoms with E-state index in [-0.39, 0.29) is 24.3 Å². The van der Waals surface area contributed by atoms with Gasteiger partial charge in [0, 0.05) is 22.9 Å². The Morgan fingerprint density at radius 2 is 1.87 bits per heavy atom. The molecule has 0 saturated carbocycles. The molecule has 2 N–H and O–H groups in total. The Bertz CT molecular complexity index is 1190. The summed E-state index contributed by atoms with van der Waals surface area (Å²) in [5.41, 5.74) is 4.47. The average Bonchev–Trinajstić information content (AvgIpc) is 3.16. The van der Waals surface area contributed by atoms with Crippen LogP contribution in [-0.2, 0) is 4.79 Å². The number of aromatic nitrogens is 1. The molecule has 3 aromatic carbocycles. The Morgan fingerprint density at radius 3 is 2.63 bits per heavy atom. The second-order valence-electron chi connectivity index (χ2n) is 7.24. The van der Waals surface area contributed by atoms with Gasteiger partial charge in [0.2, 0.25) is 5.91 Å². The number of carbonyl (C=O) groups excluding carboxylic acids is 1. The number of benzene rings is 3. The maximum atomic E-state index is 13.8. The van der Waals surface area contributed by atoms with Crippen molar-refractivity contribution in [3.05, 3.63) is 83.7 Å². The first-order chi connectivity index (χ1) is 14.5. The molecule has 1 amide bonds. The second-order valence-corrected chi connectivity index (χ2v) is 8.27. The molecule has 4 nitrogen and oxygen atoms in total. The summed E-state index contributed by atoms with van der Waals surface area (Å²) in [5, 5.41) is 6.87. The summed E-state index contributed by atoms with van der Waals surface area (Å²) in [6.45, 7) is 4.00.